The van der Waals surface area contributed by atoms with Gasteiger partial charge in [-0.3, -0.25) is 4.90 Å². The van der Waals surface area contributed by atoms with E-state index in [-0.39, 0.29) is 12.4 Å². The number of nitrogens with zero attached hydrogens (tertiary/aromatic N) is 4. The van der Waals surface area contributed by atoms with Crippen LogP contribution in [0.1, 0.15) is 24.1 Å². The molecule has 2 N–H and O–H groups in total. The van der Waals surface area contributed by atoms with Gasteiger partial charge in [0.2, 0.25) is 0 Å². The molecule has 2 aromatic heterocycles. The third-order valence-corrected chi connectivity index (χ3v) is 4.67. The lowest BCUT2D eigenvalue weighted by molar-refractivity contribution is 0.146. The molecule has 3 heterocycles. The lowest BCUT2D eigenvalue weighted by Gasteiger charge is -2.34. The normalized spacial score (nSPS) is 19.2. The van der Waals surface area contributed by atoms with E-state index in [9.17, 15) is 0 Å². The van der Waals surface area contributed by atoms with E-state index < -0.39 is 0 Å². The third-order valence-electron chi connectivity index (χ3n) is 3.69. The molecule has 0 spiro atoms. The Hall–Kier alpha value is -1.08. The Morgan fingerprint density at radius 3 is 2.81 bits per heavy atom. The first-order chi connectivity index (χ1) is 9.86. The third kappa shape index (κ3) is 3.97. The second-order valence-corrected chi connectivity index (χ2v) is 6.18. The van der Waals surface area contributed by atoms with Gasteiger partial charge in [-0.2, -0.15) is 0 Å². The van der Waals surface area contributed by atoms with E-state index in [1.807, 2.05) is 12.3 Å². The molecule has 1 unspecified atom stereocenters. The van der Waals surface area contributed by atoms with Crippen molar-refractivity contribution in [3.05, 3.63) is 29.5 Å². The van der Waals surface area contributed by atoms with Crippen molar-refractivity contribution in [3.63, 3.8) is 0 Å². The van der Waals surface area contributed by atoms with Crippen LogP contribution in [0.3, 0.4) is 0 Å². The monoisotopic (exact) mass is 325 g/mol. The smallest absolute Gasteiger partial charge is 0.188 e. The molecule has 21 heavy (non-hydrogen) atoms. The van der Waals surface area contributed by atoms with Gasteiger partial charge in [-0.05, 0) is 25.5 Å². The molecule has 0 bridgehead atoms. The highest BCUT2D eigenvalue weighted by Crippen LogP contribution is 2.25. The van der Waals surface area contributed by atoms with Crippen molar-refractivity contribution in [2.24, 2.45) is 5.73 Å². The zero-order valence-corrected chi connectivity index (χ0v) is 13.4. The van der Waals surface area contributed by atoms with E-state index in [2.05, 4.69) is 19.9 Å². The molecule has 5 nitrogen and oxygen atoms in total. The molecule has 0 aromatic carbocycles. The average molecular weight is 326 g/mol. The van der Waals surface area contributed by atoms with Gasteiger partial charge in [-0.15, -0.1) is 23.7 Å². The van der Waals surface area contributed by atoms with Crippen molar-refractivity contribution in [2.45, 2.75) is 31.8 Å². The Balaban J connectivity index is 0.00000161. The van der Waals surface area contributed by atoms with E-state index in [1.54, 1.807) is 23.7 Å². The first kappa shape index (κ1) is 16.3. The van der Waals surface area contributed by atoms with Gasteiger partial charge in [0, 0.05) is 42.6 Å². The summed E-state index contributed by atoms with van der Waals surface area (Å²) in [5.41, 5.74) is 5.87. The molecule has 7 heteroatoms. The second-order valence-electron chi connectivity index (χ2n) is 5.06. The van der Waals surface area contributed by atoms with E-state index in [0.717, 1.165) is 24.6 Å². The standard InChI is InChI=1S/C14H19N5S.ClH/c15-8-11-4-1-2-7-19(11)10-12-9-18-14(20-12)13-16-5-3-6-17-13;/h3,5-6,9,11H,1-2,4,7-8,10,15H2;1H. The Morgan fingerprint density at radius 1 is 1.24 bits per heavy atom. The van der Waals surface area contributed by atoms with E-state index in [4.69, 9.17) is 5.73 Å². The molecule has 3 rings (SSSR count). The summed E-state index contributed by atoms with van der Waals surface area (Å²) >= 11 is 1.67. The average Bonchev–Trinajstić information content (AvgIpc) is 2.97. The molecule has 1 saturated heterocycles. The minimum Gasteiger partial charge on any atom is -0.329 e. The Morgan fingerprint density at radius 2 is 2.05 bits per heavy atom. The van der Waals surface area contributed by atoms with Crippen LogP contribution in [0, 0.1) is 0 Å². The van der Waals surface area contributed by atoms with Gasteiger partial charge in [-0.1, -0.05) is 6.42 Å². The van der Waals surface area contributed by atoms with Gasteiger partial charge in [0.05, 0.1) is 0 Å². The van der Waals surface area contributed by atoms with Crippen LogP contribution in [0.5, 0.6) is 0 Å². The summed E-state index contributed by atoms with van der Waals surface area (Å²) in [7, 11) is 0. The predicted molar refractivity (Wildman–Crippen MR) is 87.5 cm³/mol. The van der Waals surface area contributed by atoms with Gasteiger partial charge in [0.15, 0.2) is 10.8 Å². The summed E-state index contributed by atoms with van der Waals surface area (Å²) < 4.78 is 0. The van der Waals surface area contributed by atoms with Crippen LogP contribution in [0.15, 0.2) is 24.7 Å². The molecular formula is C14H20ClN5S. The molecule has 1 atom stereocenters. The Labute approximate surface area is 135 Å². The van der Waals surface area contributed by atoms with Crippen LogP contribution in [0.4, 0.5) is 0 Å². The van der Waals surface area contributed by atoms with Crippen LogP contribution in [-0.4, -0.2) is 39.0 Å². The molecule has 0 aliphatic carbocycles. The van der Waals surface area contributed by atoms with Gasteiger partial charge in [-0.25, -0.2) is 15.0 Å². The maximum Gasteiger partial charge on any atom is 0.188 e. The lowest BCUT2D eigenvalue weighted by Crippen LogP contribution is -2.43. The highest BCUT2D eigenvalue weighted by Gasteiger charge is 2.21. The predicted octanol–water partition coefficient (Wildman–Crippen LogP) is 2.34. The summed E-state index contributed by atoms with van der Waals surface area (Å²) in [5, 5.41) is 0.891. The van der Waals surface area contributed by atoms with Crippen molar-refractivity contribution >= 4 is 23.7 Å². The maximum absolute atomic E-state index is 5.87. The number of aromatic nitrogens is 3. The molecule has 0 saturated carbocycles. The largest absolute Gasteiger partial charge is 0.329 e. The Kier molecular flexibility index (Phi) is 6.05. The van der Waals surface area contributed by atoms with Crippen molar-refractivity contribution < 1.29 is 0 Å². The van der Waals surface area contributed by atoms with E-state index in [1.165, 1.54) is 24.1 Å². The number of piperidine rings is 1. The number of thiazole rings is 1. The summed E-state index contributed by atoms with van der Waals surface area (Å²) in [6.07, 6.45) is 9.22. The molecule has 2 aromatic rings. The number of likely N-dealkylation sites (tertiary alicyclic amines) is 1. The summed E-state index contributed by atoms with van der Waals surface area (Å²) in [4.78, 5) is 16.7. The lowest BCUT2D eigenvalue weighted by atomic mass is 10.0. The molecule has 0 amide bonds. The summed E-state index contributed by atoms with van der Waals surface area (Å²) in [6, 6.07) is 2.33. The zero-order valence-electron chi connectivity index (χ0n) is 11.8. The van der Waals surface area contributed by atoms with Crippen molar-refractivity contribution in [1.29, 1.82) is 0 Å². The topological polar surface area (TPSA) is 67.9 Å². The number of hydrogen-bond acceptors (Lipinski definition) is 6. The fourth-order valence-electron chi connectivity index (χ4n) is 2.63. The second kappa shape index (κ2) is 7.79. The first-order valence-corrected chi connectivity index (χ1v) is 7.84. The quantitative estimate of drug-likeness (QED) is 0.934. The first-order valence-electron chi connectivity index (χ1n) is 7.03. The van der Waals surface area contributed by atoms with Crippen LogP contribution in [0.25, 0.3) is 10.8 Å². The highest BCUT2D eigenvalue weighted by atomic mass is 35.5. The SMILES string of the molecule is Cl.NCC1CCCCN1Cc1cnc(-c2ncccn2)s1. The number of rotatable bonds is 4. The highest BCUT2D eigenvalue weighted by molar-refractivity contribution is 7.14. The van der Waals surface area contributed by atoms with Crippen LogP contribution in [0.2, 0.25) is 0 Å². The van der Waals surface area contributed by atoms with Crippen LogP contribution in [-0.2, 0) is 6.54 Å². The minimum atomic E-state index is 0. The maximum atomic E-state index is 5.87. The zero-order chi connectivity index (χ0) is 13.8. The van der Waals surface area contributed by atoms with Gasteiger partial charge >= 0.3 is 0 Å². The van der Waals surface area contributed by atoms with E-state index >= 15 is 0 Å². The van der Waals surface area contributed by atoms with Crippen LogP contribution < -0.4 is 5.73 Å². The molecule has 0 radical (unpaired) electrons. The Bertz CT molecular complexity index is 547. The number of nitrogens with two attached hydrogens (primary N) is 1. The summed E-state index contributed by atoms with van der Waals surface area (Å²) in [5.74, 6) is 0.706. The molecular weight excluding hydrogens is 306 g/mol. The van der Waals surface area contributed by atoms with Crippen molar-refractivity contribution in [2.75, 3.05) is 13.1 Å². The molecule has 114 valence electrons. The van der Waals surface area contributed by atoms with Gasteiger partial charge in [0.25, 0.3) is 0 Å². The number of halogens is 1. The van der Waals surface area contributed by atoms with Crippen molar-refractivity contribution in [1.82, 2.24) is 19.9 Å². The van der Waals surface area contributed by atoms with Crippen LogP contribution >= 0.6 is 23.7 Å². The fourth-order valence-corrected chi connectivity index (χ4v) is 3.51. The van der Waals surface area contributed by atoms with Gasteiger partial charge < -0.3 is 5.73 Å². The molecule has 1 aliphatic rings. The van der Waals surface area contributed by atoms with Crippen molar-refractivity contribution in [3.8, 4) is 10.8 Å². The van der Waals surface area contributed by atoms with E-state index in [0.29, 0.717) is 11.9 Å². The molecule has 1 fully saturated rings. The van der Waals surface area contributed by atoms with Gasteiger partial charge in [0.1, 0.15) is 0 Å². The summed E-state index contributed by atoms with van der Waals surface area (Å²) in [6.45, 7) is 2.82. The fraction of sp³-hybridized carbons (Fsp3) is 0.500. The molecule has 1 aliphatic heterocycles. The number of hydrogen-bond donors (Lipinski definition) is 1. The minimum absolute atomic E-state index is 0.